The number of nitriles is 1. The molecular formula is C47H33N3O2S. The fraction of sp³-hybridized carbons (Fsp3) is 0.0426. The number of allylic oxidation sites excluding steroid dienone is 1. The van der Waals surface area contributed by atoms with Gasteiger partial charge < -0.3 is 9.13 Å². The summed E-state index contributed by atoms with van der Waals surface area (Å²) in [7, 11) is -3.76. The molecule has 2 aromatic heterocycles. The zero-order chi connectivity index (χ0) is 36.3. The van der Waals surface area contributed by atoms with E-state index in [1.165, 1.54) is 29.7 Å². The maximum absolute atomic E-state index is 13.6. The van der Waals surface area contributed by atoms with Crippen LogP contribution in [0.4, 0.5) is 0 Å². The number of benzene rings is 7. The van der Waals surface area contributed by atoms with Crippen molar-refractivity contribution in [1.29, 1.82) is 5.26 Å². The van der Waals surface area contributed by atoms with Gasteiger partial charge in [0.05, 0.1) is 43.5 Å². The van der Waals surface area contributed by atoms with Gasteiger partial charge in [-0.05, 0) is 101 Å². The van der Waals surface area contributed by atoms with Crippen molar-refractivity contribution in [1.82, 2.24) is 9.13 Å². The van der Waals surface area contributed by atoms with Crippen molar-refractivity contribution in [2.45, 2.75) is 23.3 Å². The normalized spacial score (nSPS) is 12.1. The van der Waals surface area contributed by atoms with Gasteiger partial charge in [0.1, 0.15) is 0 Å². The first kappa shape index (κ1) is 32.2. The smallest absolute Gasteiger partial charge is 0.206 e. The van der Waals surface area contributed by atoms with Crippen LogP contribution in [0.3, 0.4) is 0 Å². The number of nitrogens with zero attached hydrogens (tertiary/aromatic N) is 3. The molecule has 0 saturated heterocycles. The highest BCUT2D eigenvalue weighted by atomic mass is 32.2. The number of rotatable bonds is 7. The quantitative estimate of drug-likeness (QED) is 0.166. The maximum atomic E-state index is 13.6. The van der Waals surface area contributed by atoms with Crippen LogP contribution >= 0.6 is 0 Å². The van der Waals surface area contributed by atoms with Gasteiger partial charge in [0.2, 0.25) is 9.84 Å². The van der Waals surface area contributed by atoms with Gasteiger partial charge in [-0.3, -0.25) is 0 Å². The van der Waals surface area contributed by atoms with Crippen LogP contribution in [-0.2, 0) is 16.4 Å². The molecule has 254 valence electrons. The molecule has 5 nitrogen and oxygen atoms in total. The largest absolute Gasteiger partial charge is 0.334 e. The molecular weight excluding hydrogens is 671 g/mol. The molecule has 0 aliphatic heterocycles. The Hall–Kier alpha value is -6.68. The average Bonchev–Trinajstić information content (AvgIpc) is 3.69. The van der Waals surface area contributed by atoms with Crippen LogP contribution in [0.5, 0.6) is 0 Å². The number of hydrogen-bond donors (Lipinski definition) is 0. The van der Waals surface area contributed by atoms with Crippen LogP contribution in [0.15, 0.2) is 162 Å². The topological polar surface area (TPSA) is 67.8 Å². The van der Waals surface area contributed by atoms with Gasteiger partial charge in [0.15, 0.2) is 0 Å². The Bertz CT molecular complexity index is 3110. The summed E-state index contributed by atoms with van der Waals surface area (Å²) in [6, 6.07) is 47.7. The minimum Gasteiger partial charge on any atom is -0.334 e. The fourth-order valence-corrected chi connectivity index (χ4v) is 9.12. The Labute approximate surface area is 307 Å². The fourth-order valence-electron chi connectivity index (χ4n) is 7.86. The minimum absolute atomic E-state index is 0.158. The second-order valence-electron chi connectivity index (χ2n) is 13.3. The number of aromatic nitrogens is 2. The van der Waals surface area contributed by atoms with E-state index in [2.05, 4.69) is 113 Å². The van der Waals surface area contributed by atoms with E-state index in [0.29, 0.717) is 12.1 Å². The lowest BCUT2D eigenvalue weighted by Crippen LogP contribution is -2.04. The van der Waals surface area contributed by atoms with Crippen molar-refractivity contribution in [3.05, 3.63) is 174 Å². The van der Waals surface area contributed by atoms with Gasteiger partial charge >= 0.3 is 0 Å². The van der Waals surface area contributed by atoms with Gasteiger partial charge in [0.25, 0.3) is 0 Å². The van der Waals surface area contributed by atoms with Gasteiger partial charge in [-0.25, -0.2) is 8.42 Å². The molecule has 0 radical (unpaired) electrons. The third kappa shape index (κ3) is 5.09. The van der Waals surface area contributed by atoms with E-state index in [1.54, 1.807) is 12.1 Å². The number of fused-ring (bicyclic) bond motifs is 8. The Morgan fingerprint density at radius 2 is 1.36 bits per heavy atom. The summed E-state index contributed by atoms with van der Waals surface area (Å²) in [5, 5.41) is 16.1. The first-order chi connectivity index (χ1) is 25.9. The number of sulfone groups is 1. The first-order valence-electron chi connectivity index (χ1n) is 17.5. The van der Waals surface area contributed by atoms with E-state index in [0.717, 1.165) is 71.4 Å². The van der Waals surface area contributed by atoms with Crippen molar-refractivity contribution in [3.8, 4) is 11.8 Å². The zero-order valence-corrected chi connectivity index (χ0v) is 29.8. The third-order valence-corrected chi connectivity index (χ3v) is 12.1. The Morgan fingerprint density at radius 1 is 0.698 bits per heavy atom. The summed E-state index contributed by atoms with van der Waals surface area (Å²) in [6.07, 6.45) is 6.16. The molecule has 0 N–H and O–H groups in total. The van der Waals surface area contributed by atoms with E-state index >= 15 is 0 Å². The molecule has 0 aliphatic rings. The van der Waals surface area contributed by atoms with Crippen LogP contribution in [0, 0.1) is 11.3 Å². The molecule has 0 aliphatic carbocycles. The molecule has 53 heavy (non-hydrogen) atoms. The van der Waals surface area contributed by atoms with Gasteiger partial charge in [-0.2, -0.15) is 5.26 Å². The molecule has 0 saturated carbocycles. The number of para-hydroxylation sites is 1. The van der Waals surface area contributed by atoms with Crippen LogP contribution in [0.25, 0.3) is 72.2 Å². The summed E-state index contributed by atoms with van der Waals surface area (Å²) in [6.45, 7) is 6.81. The highest BCUT2D eigenvalue weighted by Crippen LogP contribution is 2.43. The maximum Gasteiger partial charge on any atom is 0.206 e. The Kier molecular flexibility index (Phi) is 7.62. The monoisotopic (exact) mass is 703 g/mol. The molecule has 0 atom stereocenters. The SMILES string of the molecule is C=Cc1c(/C=C\C)ccc2c1c1ccc3c4cc5ccccc5cc4n(Cc4ccc(S(=O)(=O)c5ccc(C#N)cc5)cc4)c3c1n2-c1ccccc1. The van der Waals surface area contributed by atoms with Crippen molar-refractivity contribution in [2.75, 3.05) is 0 Å². The molecule has 0 fully saturated rings. The lowest BCUT2D eigenvalue weighted by Gasteiger charge is -2.13. The standard InChI is InChI=1S/C47H33N3O2S/c1-3-10-33-19-26-43-45(39(33)4-2)41-25-24-40-42-27-34-11-8-9-12-35(34)28-44(42)49(46(40)47(41)50(43)36-13-6-5-7-14-36)30-32-17-22-38(23-18-32)53(51,52)37-20-15-31(29-48)16-21-37/h3-28H,2,30H2,1H3/b10-3-. The van der Waals surface area contributed by atoms with Crippen LogP contribution < -0.4 is 0 Å². The summed E-state index contributed by atoms with van der Waals surface area (Å²) < 4.78 is 31.9. The lowest BCUT2D eigenvalue weighted by atomic mass is 9.99. The van der Waals surface area contributed by atoms with Gasteiger partial charge in [-0.1, -0.05) is 97.6 Å². The molecule has 9 aromatic rings. The molecule has 0 spiro atoms. The zero-order valence-electron chi connectivity index (χ0n) is 29.0. The van der Waals surface area contributed by atoms with E-state index in [4.69, 9.17) is 0 Å². The average molecular weight is 704 g/mol. The van der Waals surface area contributed by atoms with E-state index in [-0.39, 0.29) is 9.79 Å². The molecule has 7 aromatic carbocycles. The van der Waals surface area contributed by atoms with E-state index in [9.17, 15) is 13.7 Å². The minimum atomic E-state index is -3.76. The molecule has 0 bridgehead atoms. The van der Waals surface area contributed by atoms with Crippen LogP contribution in [0.1, 0.15) is 29.2 Å². The predicted octanol–water partition coefficient (Wildman–Crippen LogP) is 11.5. The van der Waals surface area contributed by atoms with Crippen molar-refractivity contribution in [3.63, 3.8) is 0 Å². The third-order valence-electron chi connectivity index (χ3n) is 10.3. The summed E-state index contributed by atoms with van der Waals surface area (Å²) in [5.41, 5.74) is 9.06. The Morgan fingerprint density at radius 3 is 2.04 bits per heavy atom. The Balaban J connectivity index is 1.33. The predicted molar refractivity (Wildman–Crippen MR) is 218 cm³/mol. The van der Waals surface area contributed by atoms with Gasteiger partial charge in [-0.15, -0.1) is 0 Å². The van der Waals surface area contributed by atoms with E-state index in [1.807, 2.05) is 37.3 Å². The summed E-state index contributed by atoms with van der Waals surface area (Å²) in [5.74, 6) is 0. The number of hydrogen-bond acceptors (Lipinski definition) is 3. The molecule has 9 rings (SSSR count). The van der Waals surface area contributed by atoms with Crippen LogP contribution in [0.2, 0.25) is 0 Å². The summed E-state index contributed by atoms with van der Waals surface area (Å²) >= 11 is 0. The van der Waals surface area contributed by atoms with Crippen molar-refractivity contribution >= 4 is 76.4 Å². The molecule has 2 heterocycles. The van der Waals surface area contributed by atoms with Crippen molar-refractivity contribution < 1.29 is 8.42 Å². The lowest BCUT2D eigenvalue weighted by molar-refractivity contribution is 0.596. The molecule has 0 amide bonds. The second-order valence-corrected chi connectivity index (χ2v) is 15.2. The van der Waals surface area contributed by atoms with Crippen molar-refractivity contribution in [2.24, 2.45) is 0 Å². The highest BCUT2D eigenvalue weighted by molar-refractivity contribution is 7.91. The molecule has 6 heteroatoms. The second kappa shape index (κ2) is 12.5. The highest BCUT2D eigenvalue weighted by Gasteiger charge is 2.23. The first-order valence-corrected chi connectivity index (χ1v) is 19.0. The van der Waals surface area contributed by atoms with Gasteiger partial charge in [0, 0.05) is 33.8 Å². The van der Waals surface area contributed by atoms with Crippen LogP contribution in [-0.4, -0.2) is 17.6 Å². The van der Waals surface area contributed by atoms with E-state index < -0.39 is 9.84 Å². The molecule has 0 unspecified atom stereocenters. The summed E-state index contributed by atoms with van der Waals surface area (Å²) in [4.78, 5) is 0.366.